The average Bonchev–Trinajstić information content (AvgIpc) is 3.39. The third-order valence-electron chi connectivity index (χ3n) is 7.24. The Morgan fingerprint density at radius 2 is 1.88 bits per heavy atom. The molecule has 2 aliphatic heterocycles. The highest BCUT2D eigenvalue weighted by molar-refractivity contribution is 7.89. The zero-order valence-electron chi connectivity index (χ0n) is 19.1. The van der Waals surface area contributed by atoms with Gasteiger partial charge in [0.15, 0.2) is 0 Å². The Bertz CT molecular complexity index is 1230. The van der Waals surface area contributed by atoms with E-state index < -0.39 is 26.5 Å². The van der Waals surface area contributed by atoms with Gasteiger partial charge in [-0.25, -0.2) is 12.8 Å². The summed E-state index contributed by atoms with van der Waals surface area (Å²) < 4.78 is 55.0. The Labute approximate surface area is 199 Å². The topological polar surface area (TPSA) is 85.5 Å². The SMILES string of the molecule is C[C@H]1CC[C@H](c2ccccc2)S(=O)(=O)N1Cc1ccc(C2(c3nnco3)CCOCC2)cc1F. The Balaban J connectivity index is 1.45. The highest BCUT2D eigenvalue weighted by Crippen LogP contribution is 2.42. The van der Waals surface area contributed by atoms with Gasteiger partial charge in [0.2, 0.25) is 22.3 Å². The van der Waals surface area contributed by atoms with Gasteiger partial charge in [-0.05, 0) is 49.8 Å². The minimum absolute atomic E-state index is 0.00435. The number of ether oxygens (including phenoxy) is 1. The third-order valence-corrected chi connectivity index (χ3v) is 9.61. The molecule has 180 valence electrons. The van der Waals surface area contributed by atoms with E-state index in [0.29, 0.717) is 43.9 Å². The normalized spacial score (nSPS) is 24.6. The highest BCUT2D eigenvalue weighted by atomic mass is 32.2. The van der Waals surface area contributed by atoms with Crippen molar-refractivity contribution in [2.24, 2.45) is 0 Å². The quantitative estimate of drug-likeness (QED) is 0.534. The van der Waals surface area contributed by atoms with E-state index in [2.05, 4.69) is 10.2 Å². The maximum absolute atomic E-state index is 15.5. The molecule has 0 spiro atoms. The van der Waals surface area contributed by atoms with Crippen LogP contribution in [0.4, 0.5) is 4.39 Å². The molecular weight excluding hydrogens is 457 g/mol. The molecule has 2 atom stereocenters. The summed E-state index contributed by atoms with van der Waals surface area (Å²) in [7, 11) is -3.64. The summed E-state index contributed by atoms with van der Waals surface area (Å²) in [6, 6.07) is 14.1. The number of sulfonamides is 1. The molecule has 0 radical (unpaired) electrons. The highest BCUT2D eigenvalue weighted by Gasteiger charge is 2.43. The molecule has 3 aromatic rings. The zero-order valence-corrected chi connectivity index (χ0v) is 19.9. The summed E-state index contributed by atoms with van der Waals surface area (Å²) in [5.74, 6) is 0.00741. The number of benzene rings is 2. The Hall–Kier alpha value is -2.62. The predicted octanol–water partition coefficient (Wildman–Crippen LogP) is 4.36. The Morgan fingerprint density at radius 1 is 1.12 bits per heavy atom. The number of nitrogens with zero attached hydrogens (tertiary/aromatic N) is 3. The second-order valence-electron chi connectivity index (χ2n) is 9.16. The second-order valence-corrected chi connectivity index (χ2v) is 11.2. The van der Waals surface area contributed by atoms with Crippen LogP contribution in [0.2, 0.25) is 0 Å². The first kappa shape index (κ1) is 23.1. The van der Waals surface area contributed by atoms with E-state index in [1.54, 1.807) is 6.07 Å². The summed E-state index contributed by atoms with van der Waals surface area (Å²) >= 11 is 0. The van der Waals surface area contributed by atoms with Crippen molar-refractivity contribution >= 4 is 10.0 Å². The van der Waals surface area contributed by atoms with Crippen molar-refractivity contribution < 1.29 is 22.0 Å². The van der Waals surface area contributed by atoms with Crippen LogP contribution in [0.3, 0.4) is 0 Å². The van der Waals surface area contributed by atoms with E-state index in [0.717, 1.165) is 17.5 Å². The van der Waals surface area contributed by atoms with Gasteiger partial charge < -0.3 is 9.15 Å². The standard InChI is InChI=1S/C25H28FN3O4S/c1-18-7-10-23(19-5-3-2-4-6-19)34(30,31)29(18)16-20-8-9-21(15-22(20)26)25(11-13-32-14-12-25)24-28-27-17-33-24/h2-6,8-9,15,17-18,23H,7,10-14,16H2,1H3/t18-,23+/m0/s1. The van der Waals surface area contributed by atoms with E-state index in [-0.39, 0.29) is 12.6 Å². The van der Waals surface area contributed by atoms with Gasteiger partial charge in [0, 0.05) is 31.4 Å². The fourth-order valence-electron chi connectivity index (χ4n) is 5.22. The molecule has 2 aromatic carbocycles. The van der Waals surface area contributed by atoms with Gasteiger partial charge in [-0.2, -0.15) is 4.31 Å². The lowest BCUT2D eigenvalue weighted by atomic mass is 9.74. The van der Waals surface area contributed by atoms with Gasteiger partial charge >= 0.3 is 0 Å². The smallest absolute Gasteiger partial charge is 0.226 e. The number of hydrogen-bond acceptors (Lipinski definition) is 6. The minimum Gasteiger partial charge on any atom is -0.427 e. The van der Waals surface area contributed by atoms with Gasteiger partial charge in [0.25, 0.3) is 0 Å². The fourth-order valence-corrected chi connectivity index (χ4v) is 7.41. The molecule has 0 N–H and O–H groups in total. The Kier molecular flexibility index (Phi) is 6.26. The van der Waals surface area contributed by atoms with E-state index >= 15 is 4.39 Å². The molecule has 0 aliphatic carbocycles. The van der Waals surface area contributed by atoms with E-state index in [1.165, 1.54) is 16.8 Å². The van der Waals surface area contributed by atoms with Crippen molar-refractivity contribution in [2.45, 2.75) is 55.9 Å². The van der Waals surface area contributed by atoms with Crippen molar-refractivity contribution in [1.29, 1.82) is 0 Å². The first-order valence-corrected chi connectivity index (χ1v) is 13.1. The van der Waals surface area contributed by atoms with Crippen LogP contribution in [-0.2, 0) is 26.7 Å². The summed E-state index contributed by atoms with van der Waals surface area (Å²) in [5, 5.41) is 7.32. The summed E-state index contributed by atoms with van der Waals surface area (Å²) in [6.07, 6.45) is 3.76. The molecule has 0 amide bonds. The van der Waals surface area contributed by atoms with E-state index in [4.69, 9.17) is 9.15 Å². The molecule has 2 fully saturated rings. The Morgan fingerprint density at radius 3 is 2.56 bits per heavy atom. The minimum atomic E-state index is -3.64. The van der Waals surface area contributed by atoms with Crippen LogP contribution in [0.5, 0.6) is 0 Å². The zero-order chi connectivity index (χ0) is 23.8. The maximum Gasteiger partial charge on any atom is 0.226 e. The van der Waals surface area contributed by atoms with Crippen LogP contribution in [-0.4, -0.2) is 42.2 Å². The van der Waals surface area contributed by atoms with Crippen molar-refractivity contribution in [2.75, 3.05) is 13.2 Å². The fraction of sp³-hybridized carbons (Fsp3) is 0.440. The molecule has 2 aliphatic rings. The van der Waals surface area contributed by atoms with Crippen LogP contribution in [0, 0.1) is 5.82 Å². The average molecular weight is 486 g/mol. The maximum atomic E-state index is 15.5. The molecule has 0 saturated carbocycles. The van der Waals surface area contributed by atoms with Crippen molar-refractivity contribution in [3.8, 4) is 0 Å². The molecule has 9 heteroatoms. The first-order chi connectivity index (χ1) is 16.4. The lowest BCUT2D eigenvalue weighted by molar-refractivity contribution is 0.0543. The lowest BCUT2D eigenvalue weighted by Gasteiger charge is -2.38. The van der Waals surface area contributed by atoms with Crippen LogP contribution in [0.25, 0.3) is 0 Å². The number of rotatable bonds is 5. The van der Waals surface area contributed by atoms with E-state index in [1.807, 2.05) is 43.3 Å². The van der Waals surface area contributed by atoms with E-state index in [9.17, 15) is 8.42 Å². The summed E-state index contributed by atoms with van der Waals surface area (Å²) in [4.78, 5) is 0. The lowest BCUT2D eigenvalue weighted by Crippen LogP contribution is -2.44. The molecule has 7 nitrogen and oxygen atoms in total. The van der Waals surface area contributed by atoms with Crippen LogP contribution < -0.4 is 0 Å². The van der Waals surface area contributed by atoms with Crippen LogP contribution in [0.15, 0.2) is 59.3 Å². The molecule has 34 heavy (non-hydrogen) atoms. The molecule has 2 saturated heterocycles. The van der Waals surface area contributed by atoms with Crippen molar-refractivity contribution in [3.63, 3.8) is 0 Å². The van der Waals surface area contributed by atoms with Gasteiger partial charge in [-0.15, -0.1) is 10.2 Å². The number of aromatic nitrogens is 2. The molecule has 1 aromatic heterocycles. The monoisotopic (exact) mass is 485 g/mol. The molecular formula is C25H28FN3O4S. The summed E-state index contributed by atoms with van der Waals surface area (Å²) in [5.41, 5.74) is 1.24. The first-order valence-electron chi connectivity index (χ1n) is 11.6. The number of halogens is 1. The molecule has 0 bridgehead atoms. The largest absolute Gasteiger partial charge is 0.427 e. The van der Waals surface area contributed by atoms with Gasteiger partial charge in [0.1, 0.15) is 11.1 Å². The number of hydrogen-bond donors (Lipinski definition) is 0. The molecule has 0 unspecified atom stereocenters. The van der Waals surface area contributed by atoms with Crippen molar-refractivity contribution in [3.05, 3.63) is 83.3 Å². The van der Waals surface area contributed by atoms with Crippen LogP contribution >= 0.6 is 0 Å². The predicted molar refractivity (Wildman–Crippen MR) is 124 cm³/mol. The second kappa shape index (κ2) is 9.20. The van der Waals surface area contributed by atoms with Crippen LogP contribution in [0.1, 0.15) is 60.4 Å². The third kappa shape index (κ3) is 4.06. The molecule has 3 heterocycles. The van der Waals surface area contributed by atoms with Gasteiger partial charge in [0.05, 0.1) is 5.41 Å². The van der Waals surface area contributed by atoms with Gasteiger partial charge in [-0.1, -0.05) is 42.5 Å². The summed E-state index contributed by atoms with van der Waals surface area (Å²) in [6.45, 7) is 2.90. The van der Waals surface area contributed by atoms with Crippen molar-refractivity contribution in [1.82, 2.24) is 14.5 Å². The van der Waals surface area contributed by atoms with Gasteiger partial charge in [-0.3, -0.25) is 0 Å². The molecule has 5 rings (SSSR count).